The summed E-state index contributed by atoms with van der Waals surface area (Å²) >= 11 is 6.23. The Morgan fingerprint density at radius 1 is 1.20 bits per heavy atom. The van der Waals surface area contributed by atoms with Crippen molar-refractivity contribution in [3.63, 3.8) is 0 Å². The van der Waals surface area contributed by atoms with Crippen molar-refractivity contribution in [3.8, 4) is 0 Å². The molecule has 0 saturated carbocycles. The number of likely N-dealkylation sites (tertiary alicyclic amines) is 1. The summed E-state index contributed by atoms with van der Waals surface area (Å²) in [5.74, 6) is 0. The van der Waals surface area contributed by atoms with Crippen molar-refractivity contribution in [3.05, 3.63) is 64.4 Å². The summed E-state index contributed by atoms with van der Waals surface area (Å²) < 4.78 is 0. The van der Waals surface area contributed by atoms with Gasteiger partial charge in [0.2, 0.25) is 0 Å². The maximum Gasteiger partial charge on any atom is 0.0578 e. The fourth-order valence-electron chi connectivity index (χ4n) is 2.90. The zero-order valence-corrected chi connectivity index (χ0v) is 12.5. The third-order valence-electron chi connectivity index (χ3n) is 4.02. The molecule has 1 aromatic carbocycles. The Bertz CT molecular complexity index is 597. The molecule has 2 nitrogen and oxygen atoms in total. The SMILES string of the molecule is CN1CCCC1c1cccc(Cc2ccccc2Cl)n1. The fraction of sp³-hybridized carbons (Fsp3) is 0.353. The van der Waals surface area contributed by atoms with Crippen LogP contribution in [-0.2, 0) is 6.42 Å². The molecule has 0 radical (unpaired) electrons. The first-order valence-electron chi connectivity index (χ1n) is 7.13. The number of hydrogen-bond donors (Lipinski definition) is 0. The van der Waals surface area contributed by atoms with Crippen LogP contribution in [0.25, 0.3) is 0 Å². The highest BCUT2D eigenvalue weighted by atomic mass is 35.5. The van der Waals surface area contributed by atoms with E-state index in [0.29, 0.717) is 6.04 Å². The smallest absolute Gasteiger partial charge is 0.0578 e. The summed E-state index contributed by atoms with van der Waals surface area (Å²) in [7, 11) is 2.18. The molecule has 20 heavy (non-hydrogen) atoms. The summed E-state index contributed by atoms with van der Waals surface area (Å²) in [6, 6.07) is 14.8. The third-order valence-corrected chi connectivity index (χ3v) is 4.39. The molecule has 0 bridgehead atoms. The van der Waals surface area contributed by atoms with Crippen LogP contribution in [0.5, 0.6) is 0 Å². The lowest BCUT2D eigenvalue weighted by atomic mass is 10.1. The van der Waals surface area contributed by atoms with Gasteiger partial charge in [-0.3, -0.25) is 9.88 Å². The van der Waals surface area contributed by atoms with Gasteiger partial charge in [0.05, 0.1) is 11.7 Å². The number of nitrogens with zero attached hydrogens (tertiary/aromatic N) is 2. The van der Waals surface area contributed by atoms with Gasteiger partial charge in [0.25, 0.3) is 0 Å². The minimum Gasteiger partial charge on any atom is -0.298 e. The highest BCUT2D eigenvalue weighted by Gasteiger charge is 2.23. The van der Waals surface area contributed by atoms with Crippen LogP contribution in [0.2, 0.25) is 5.02 Å². The molecule has 0 amide bonds. The van der Waals surface area contributed by atoms with Crippen molar-refractivity contribution in [1.82, 2.24) is 9.88 Å². The van der Waals surface area contributed by atoms with Crippen molar-refractivity contribution < 1.29 is 0 Å². The second-order valence-electron chi connectivity index (χ2n) is 5.46. The number of pyridine rings is 1. The van der Waals surface area contributed by atoms with Crippen molar-refractivity contribution in [1.29, 1.82) is 0 Å². The summed E-state index contributed by atoms with van der Waals surface area (Å²) in [6.45, 7) is 1.17. The third kappa shape index (κ3) is 2.87. The van der Waals surface area contributed by atoms with Gasteiger partial charge in [0.15, 0.2) is 0 Å². The van der Waals surface area contributed by atoms with Crippen molar-refractivity contribution >= 4 is 11.6 Å². The van der Waals surface area contributed by atoms with Crippen molar-refractivity contribution in [2.24, 2.45) is 0 Å². The summed E-state index contributed by atoms with van der Waals surface area (Å²) in [4.78, 5) is 7.23. The lowest BCUT2D eigenvalue weighted by molar-refractivity contribution is 0.311. The average Bonchev–Trinajstić information content (AvgIpc) is 2.88. The molecule has 1 unspecified atom stereocenters. The molecule has 3 rings (SSSR count). The van der Waals surface area contributed by atoms with Gasteiger partial charge in [-0.1, -0.05) is 35.9 Å². The number of benzene rings is 1. The molecule has 1 saturated heterocycles. The van der Waals surface area contributed by atoms with Crippen LogP contribution in [-0.4, -0.2) is 23.5 Å². The van der Waals surface area contributed by atoms with Gasteiger partial charge in [0, 0.05) is 17.1 Å². The fourth-order valence-corrected chi connectivity index (χ4v) is 3.11. The quantitative estimate of drug-likeness (QED) is 0.845. The molecule has 0 aliphatic carbocycles. The second-order valence-corrected chi connectivity index (χ2v) is 5.87. The second kappa shape index (κ2) is 5.94. The predicted molar refractivity (Wildman–Crippen MR) is 83.1 cm³/mol. The van der Waals surface area contributed by atoms with Gasteiger partial charge in [-0.05, 0) is 50.2 Å². The van der Waals surface area contributed by atoms with Gasteiger partial charge >= 0.3 is 0 Å². The molecule has 1 atom stereocenters. The number of hydrogen-bond acceptors (Lipinski definition) is 2. The summed E-state index contributed by atoms with van der Waals surface area (Å²) in [5.41, 5.74) is 3.42. The van der Waals surface area contributed by atoms with E-state index in [0.717, 1.165) is 22.7 Å². The molecule has 0 spiro atoms. The lowest BCUT2D eigenvalue weighted by Gasteiger charge is -2.19. The Morgan fingerprint density at radius 3 is 2.80 bits per heavy atom. The van der Waals surface area contributed by atoms with E-state index in [4.69, 9.17) is 16.6 Å². The van der Waals surface area contributed by atoms with E-state index in [2.05, 4.69) is 36.2 Å². The Morgan fingerprint density at radius 2 is 2.05 bits per heavy atom. The van der Waals surface area contributed by atoms with Gasteiger partial charge in [-0.25, -0.2) is 0 Å². The molecular weight excluding hydrogens is 268 g/mol. The largest absolute Gasteiger partial charge is 0.298 e. The van der Waals surface area contributed by atoms with Crippen LogP contribution in [0.3, 0.4) is 0 Å². The lowest BCUT2D eigenvalue weighted by Crippen LogP contribution is -2.18. The monoisotopic (exact) mass is 286 g/mol. The Kier molecular flexibility index (Phi) is 4.04. The van der Waals surface area contributed by atoms with Crippen LogP contribution in [0.4, 0.5) is 0 Å². The van der Waals surface area contributed by atoms with E-state index >= 15 is 0 Å². The Labute approximate surface area is 125 Å². The topological polar surface area (TPSA) is 16.1 Å². The normalized spacial score (nSPS) is 19.4. The summed E-state index contributed by atoms with van der Waals surface area (Å²) in [6.07, 6.45) is 3.26. The molecule has 1 aliphatic heterocycles. The van der Waals surface area contributed by atoms with E-state index in [-0.39, 0.29) is 0 Å². The van der Waals surface area contributed by atoms with E-state index in [1.807, 2.05) is 18.2 Å². The van der Waals surface area contributed by atoms with Crippen LogP contribution < -0.4 is 0 Å². The first-order valence-corrected chi connectivity index (χ1v) is 7.51. The highest BCUT2D eigenvalue weighted by Crippen LogP contribution is 2.29. The first kappa shape index (κ1) is 13.6. The van der Waals surface area contributed by atoms with Crippen molar-refractivity contribution in [2.75, 3.05) is 13.6 Å². The Hall–Kier alpha value is -1.38. The molecule has 1 aromatic heterocycles. The molecule has 1 aliphatic rings. The van der Waals surface area contributed by atoms with Gasteiger partial charge in [0.1, 0.15) is 0 Å². The predicted octanol–water partition coefficient (Wildman–Crippen LogP) is 4.09. The number of aromatic nitrogens is 1. The maximum absolute atomic E-state index is 6.23. The van der Waals surface area contributed by atoms with Crippen LogP contribution in [0.1, 0.15) is 35.8 Å². The molecule has 104 valence electrons. The standard InChI is InChI=1S/C17H19ClN2/c1-20-11-5-10-17(20)16-9-4-7-14(19-16)12-13-6-2-3-8-15(13)18/h2-4,6-9,17H,5,10-12H2,1H3. The molecule has 0 N–H and O–H groups in total. The molecule has 2 heterocycles. The first-order chi connectivity index (χ1) is 9.74. The van der Waals surface area contributed by atoms with Gasteiger partial charge in [-0.15, -0.1) is 0 Å². The van der Waals surface area contributed by atoms with Crippen LogP contribution in [0, 0.1) is 0 Å². The van der Waals surface area contributed by atoms with Crippen LogP contribution in [0.15, 0.2) is 42.5 Å². The molecule has 2 aromatic rings. The van der Waals surface area contributed by atoms with Crippen LogP contribution >= 0.6 is 11.6 Å². The van der Waals surface area contributed by atoms with E-state index in [1.165, 1.54) is 25.1 Å². The van der Waals surface area contributed by atoms with E-state index < -0.39 is 0 Å². The maximum atomic E-state index is 6.23. The Balaban J connectivity index is 1.83. The molecule has 1 fully saturated rings. The minimum absolute atomic E-state index is 0.473. The number of rotatable bonds is 3. The van der Waals surface area contributed by atoms with Gasteiger partial charge in [-0.2, -0.15) is 0 Å². The van der Waals surface area contributed by atoms with E-state index in [1.54, 1.807) is 0 Å². The average molecular weight is 287 g/mol. The minimum atomic E-state index is 0.473. The number of halogens is 1. The highest BCUT2D eigenvalue weighted by molar-refractivity contribution is 6.31. The zero-order valence-electron chi connectivity index (χ0n) is 11.7. The molecule has 3 heteroatoms. The summed E-state index contributed by atoms with van der Waals surface area (Å²) in [5, 5.41) is 0.817. The van der Waals surface area contributed by atoms with Crippen molar-refractivity contribution in [2.45, 2.75) is 25.3 Å². The zero-order chi connectivity index (χ0) is 13.9. The van der Waals surface area contributed by atoms with Gasteiger partial charge < -0.3 is 0 Å². The van der Waals surface area contributed by atoms with E-state index in [9.17, 15) is 0 Å². The molecular formula is C17H19ClN2.